The van der Waals surface area contributed by atoms with E-state index in [9.17, 15) is 18.0 Å². The van der Waals surface area contributed by atoms with Gasteiger partial charge in [-0.1, -0.05) is 24.3 Å². The second-order valence-electron chi connectivity index (χ2n) is 4.47. The molecule has 0 aliphatic carbocycles. The minimum Gasteiger partial charge on any atom is -0.467 e. The molecule has 2 aromatic carbocycles. The smallest absolute Gasteiger partial charge is 0.467 e. The SMILES string of the molecule is COCOc1ccccc1-c1ccc(OC(F)(F)F)c(C=O)c1. The predicted octanol–water partition coefficient (Wildman–Crippen LogP) is 4.05. The molecule has 0 fully saturated rings. The predicted molar refractivity (Wildman–Crippen MR) is 76.5 cm³/mol. The molecule has 0 aromatic heterocycles. The van der Waals surface area contributed by atoms with Gasteiger partial charge in [0.05, 0.1) is 5.56 Å². The minimum absolute atomic E-state index is 0.0207. The first kappa shape index (κ1) is 16.8. The van der Waals surface area contributed by atoms with Crippen LogP contribution in [-0.2, 0) is 4.74 Å². The maximum absolute atomic E-state index is 12.3. The van der Waals surface area contributed by atoms with Crippen molar-refractivity contribution in [2.45, 2.75) is 6.36 Å². The third-order valence-corrected chi connectivity index (χ3v) is 2.89. The van der Waals surface area contributed by atoms with Crippen LogP contribution in [0.25, 0.3) is 11.1 Å². The minimum atomic E-state index is -4.86. The van der Waals surface area contributed by atoms with E-state index in [4.69, 9.17) is 9.47 Å². The van der Waals surface area contributed by atoms with Crippen molar-refractivity contribution >= 4 is 6.29 Å². The largest absolute Gasteiger partial charge is 0.573 e. The van der Waals surface area contributed by atoms with Crippen molar-refractivity contribution < 1.29 is 32.2 Å². The van der Waals surface area contributed by atoms with Crippen molar-refractivity contribution in [1.82, 2.24) is 0 Å². The number of methoxy groups -OCH3 is 1. The first-order valence-electron chi connectivity index (χ1n) is 6.50. The molecule has 0 N–H and O–H groups in total. The van der Waals surface area contributed by atoms with Crippen LogP contribution in [0.2, 0.25) is 0 Å². The van der Waals surface area contributed by atoms with Crippen LogP contribution in [0.3, 0.4) is 0 Å². The summed E-state index contributed by atoms with van der Waals surface area (Å²) in [5.41, 5.74) is 0.931. The number of alkyl halides is 3. The van der Waals surface area contributed by atoms with E-state index in [0.29, 0.717) is 23.2 Å². The molecule has 23 heavy (non-hydrogen) atoms. The van der Waals surface area contributed by atoms with Crippen molar-refractivity contribution in [2.75, 3.05) is 13.9 Å². The average Bonchev–Trinajstić information content (AvgIpc) is 2.52. The fourth-order valence-corrected chi connectivity index (χ4v) is 1.98. The van der Waals surface area contributed by atoms with Gasteiger partial charge in [0.1, 0.15) is 11.5 Å². The summed E-state index contributed by atoms with van der Waals surface area (Å²) in [7, 11) is 1.47. The zero-order valence-corrected chi connectivity index (χ0v) is 12.1. The summed E-state index contributed by atoms with van der Waals surface area (Å²) >= 11 is 0. The lowest BCUT2D eigenvalue weighted by Gasteiger charge is -2.14. The molecule has 0 saturated carbocycles. The molecule has 0 aliphatic heterocycles. The van der Waals surface area contributed by atoms with Gasteiger partial charge in [-0.2, -0.15) is 0 Å². The fraction of sp³-hybridized carbons (Fsp3) is 0.188. The van der Waals surface area contributed by atoms with Gasteiger partial charge in [-0.3, -0.25) is 4.79 Å². The Morgan fingerprint density at radius 3 is 2.48 bits per heavy atom. The lowest BCUT2D eigenvalue weighted by molar-refractivity contribution is -0.274. The Morgan fingerprint density at radius 1 is 1.09 bits per heavy atom. The standard InChI is InChI=1S/C16H13F3O4/c1-21-10-22-15-5-3-2-4-13(15)11-6-7-14(12(8-11)9-20)23-16(17,18)19/h2-9H,10H2,1H3. The summed E-state index contributed by atoms with van der Waals surface area (Å²) < 4.78 is 51.0. The first-order chi connectivity index (χ1) is 10.9. The van der Waals surface area contributed by atoms with Gasteiger partial charge in [-0.25, -0.2) is 0 Å². The number of halogens is 3. The van der Waals surface area contributed by atoms with E-state index in [1.807, 2.05) is 0 Å². The van der Waals surface area contributed by atoms with Crippen molar-refractivity contribution in [2.24, 2.45) is 0 Å². The van der Waals surface area contributed by atoms with E-state index in [0.717, 1.165) is 6.07 Å². The van der Waals surface area contributed by atoms with Gasteiger partial charge >= 0.3 is 6.36 Å². The lowest BCUT2D eigenvalue weighted by atomic mass is 10.0. The molecule has 122 valence electrons. The van der Waals surface area contributed by atoms with Crippen LogP contribution in [0, 0.1) is 0 Å². The molecule has 2 aromatic rings. The van der Waals surface area contributed by atoms with Crippen LogP contribution >= 0.6 is 0 Å². The van der Waals surface area contributed by atoms with Crippen molar-refractivity contribution in [1.29, 1.82) is 0 Å². The number of hydrogen-bond acceptors (Lipinski definition) is 4. The maximum atomic E-state index is 12.3. The molecule has 0 atom stereocenters. The van der Waals surface area contributed by atoms with Gasteiger partial charge < -0.3 is 14.2 Å². The zero-order chi connectivity index (χ0) is 16.9. The Kier molecular flexibility index (Phi) is 5.23. The van der Waals surface area contributed by atoms with Gasteiger partial charge in [-0.15, -0.1) is 13.2 Å². The topological polar surface area (TPSA) is 44.8 Å². The molecule has 4 nitrogen and oxygen atoms in total. The number of aldehydes is 1. The summed E-state index contributed by atoms with van der Waals surface area (Å²) in [6.45, 7) is 0.0207. The molecule has 2 rings (SSSR count). The van der Waals surface area contributed by atoms with Crippen LogP contribution < -0.4 is 9.47 Å². The van der Waals surface area contributed by atoms with Crippen LogP contribution in [0.4, 0.5) is 13.2 Å². The summed E-state index contributed by atoms with van der Waals surface area (Å²) in [5, 5.41) is 0. The summed E-state index contributed by atoms with van der Waals surface area (Å²) in [6, 6.07) is 10.7. The maximum Gasteiger partial charge on any atom is 0.573 e. The molecule has 0 saturated heterocycles. The summed E-state index contributed by atoms with van der Waals surface area (Å²) in [4.78, 5) is 11.1. The molecular weight excluding hydrogens is 313 g/mol. The third kappa shape index (κ3) is 4.46. The van der Waals surface area contributed by atoms with Crippen LogP contribution in [0.5, 0.6) is 11.5 Å². The van der Waals surface area contributed by atoms with Crippen LogP contribution in [0.1, 0.15) is 10.4 Å². The van der Waals surface area contributed by atoms with Gasteiger partial charge in [0.15, 0.2) is 13.1 Å². The van der Waals surface area contributed by atoms with E-state index in [2.05, 4.69) is 4.74 Å². The molecule has 0 heterocycles. The molecule has 7 heteroatoms. The second kappa shape index (κ2) is 7.15. The van der Waals surface area contributed by atoms with Gasteiger partial charge in [0, 0.05) is 12.7 Å². The highest BCUT2D eigenvalue weighted by Gasteiger charge is 2.32. The Bertz CT molecular complexity index is 683. The van der Waals surface area contributed by atoms with Crippen molar-refractivity contribution in [3.8, 4) is 22.6 Å². The van der Waals surface area contributed by atoms with Crippen LogP contribution in [0.15, 0.2) is 42.5 Å². The van der Waals surface area contributed by atoms with E-state index < -0.39 is 12.1 Å². The third-order valence-electron chi connectivity index (χ3n) is 2.89. The number of ether oxygens (including phenoxy) is 3. The van der Waals surface area contributed by atoms with Crippen molar-refractivity contribution in [3.63, 3.8) is 0 Å². The van der Waals surface area contributed by atoms with E-state index in [-0.39, 0.29) is 12.4 Å². The van der Waals surface area contributed by atoms with E-state index in [1.54, 1.807) is 24.3 Å². The fourth-order valence-electron chi connectivity index (χ4n) is 1.98. The normalized spacial score (nSPS) is 11.1. The highest BCUT2D eigenvalue weighted by atomic mass is 19.4. The quantitative estimate of drug-likeness (QED) is 0.593. The monoisotopic (exact) mass is 326 g/mol. The molecule has 0 radical (unpaired) electrons. The number of rotatable bonds is 6. The molecular formula is C16H13F3O4. The first-order valence-corrected chi connectivity index (χ1v) is 6.50. The second-order valence-corrected chi connectivity index (χ2v) is 4.47. The molecule has 0 unspecified atom stereocenters. The Hall–Kier alpha value is -2.54. The number of benzene rings is 2. The Balaban J connectivity index is 2.40. The highest BCUT2D eigenvalue weighted by Crippen LogP contribution is 2.34. The summed E-state index contributed by atoms with van der Waals surface area (Å²) in [5.74, 6) is -0.0674. The number of hydrogen-bond donors (Lipinski definition) is 0. The molecule has 0 bridgehead atoms. The summed E-state index contributed by atoms with van der Waals surface area (Å²) in [6.07, 6.45) is -4.55. The van der Waals surface area contributed by atoms with E-state index >= 15 is 0 Å². The molecule has 0 spiro atoms. The number of para-hydroxylation sites is 1. The molecule has 0 amide bonds. The van der Waals surface area contributed by atoms with Gasteiger partial charge in [0.2, 0.25) is 0 Å². The number of carbonyl (C=O) groups excluding carboxylic acids is 1. The average molecular weight is 326 g/mol. The van der Waals surface area contributed by atoms with Crippen LogP contribution in [-0.4, -0.2) is 26.6 Å². The van der Waals surface area contributed by atoms with Gasteiger partial charge in [0.25, 0.3) is 0 Å². The Morgan fingerprint density at radius 2 is 1.83 bits per heavy atom. The Labute approximate surface area is 130 Å². The zero-order valence-electron chi connectivity index (χ0n) is 12.1. The number of carbonyl (C=O) groups is 1. The lowest BCUT2D eigenvalue weighted by Crippen LogP contribution is -2.18. The van der Waals surface area contributed by atoms with E-state index in [1.165, 1.54) is 19.2 Å². The highest BCUT2D eigenvalue weighted by molar-refractivity contribution is 5.84. The van der Waals surface area contributed by atoms with Crippen molar-refractivity contribution in [3.05, 3.63) is 48.0 Å². The van der Waals surface area contributed by atoms with Gasteiger partial charge in [-0.05, 0) is 23.8 Å². The molecule has 0 aliphatic rings.